The molecule has 1 fully saturated rings. The molecule has 0 heterocycles. The molecule has 24 heavy (non-hydrogen) atoms. The average Bonchev–Trinajstić information content (AvgIpc) is 3.37. The minimum Gasteiger partial charge on any atom is -0.493 e. The monoisotopic (exact) mass is 399 g/mol. The first-order valence-corrected chi connectivity index (χ1v) is 8.17. The largest absolute Gasteiger partial charge is 0.493 e. The quantitative estimate of drug-likeness (QED) is 0.503. The molecule has 1 aromatic rings. The number of ether oxygens (including phenoxy) is 2. The fourth-order valence-electron chi connectivity index (χ4n) is 1.86. The molecule has 0 bridgehead atoms. The van der Waals surface area contributed by atoms with E-state index in [1.807, 2.05) is 6.92 Å². The van der Waals surface area contributed by atoms with E-state index in [0.717, 1.165) is 12.8 Å². The molecular formula is C15H18BrN3O5. The number of methoxy groups -OCH3 is 1. The van der Waals surface area contributed by atoms with Crippen molar-refractivity contribution >= 4 is 33.7 Å². The summed E-state index contributed by atoms with van der Waals surface area (Å²) < 4.78 is 11.2. The summed E-state index contributed by atoms with van der Waals surface area (Å²) in [6.07, 6.45) is 1.73. The Balaban J connectivity index is 1.99. The summed E-state index contributed by atoms with van der Waals surface area (Å²) in [6, 6.07) is 3.06. The Hall–Kier alpha value is -2.29. The van der Waals surface area contributed by atoms with Gasteiger partial charge in [0.15, 0.2) is 11.5 Å². The summed E-state index contributed by atoms with van der Waals surface area (Å²) in [5.41, 5.74) is 4.49. The molecule has 0 saturated heterocycles. The van der Waals surface area contributed by atoms with Gasteiger partial charge in [0.2, 0.25) is 0 Å². The van der Waals surface area contributed by atoms with Crippen molar-refractivity contribution in [3.8, 4) is 11.5 Å². The molecule has 0 aromatic heterocycles. The van der Waals surface area contributed by atoms with E-state index in [1.165, 1.54) is 19.2 Å². The van der Waals surface area contributed by atoms with Crippen LogP contribution in [-0.2, 0) is 9.59 Å². The van der Waals surface area contributed by atoms with Crippen LogP contribution in [0.4, 0.5) is 0 Å². The summed E-state index contributed by atoms with van der Waals surface area (Å²) >= 11 is 3.31. The molecular weight excluding hydrogens is 382 g/mol. The fourth-order valence-corrected chi connectivity index (χ4v) is 2.41. The average molecular weight is 400 g/mol. The second kappa shape index (κ2) is 8.00. The van der Waals surface area contributed by atoms with E-state index in [9.17, 15) is 14.4 Å². The molecule has 0 radical (unpaired) electrons. The van der Waals surface area contributed by atoms with Gasteiger partial charge in [-0.05, 0) is 47.8 Å². The summed E-state index contributed by atoms with van der Waals surface area (Å²) in [7, 11) is 1.45. The number of rotatable bonds is 5. The molecule has 3 amide bonds. The third-order valence-corrected chi connectivity index (χ3v) is 3.78. The Morgan fingerprint density at radius 2 is 1.92 bits per heavy atom. The molecule has 3 N–H and O–H groups in total. The van der Waals surface area contributed by atoms with Crippen LogP contribution in [0.1, 0.15) is 30.1 Å². The van der Waals surface area contributed by atoms with Crippen molar-refractivity contribution in [2.45, 2.75) is 25.8 Å². The molecule has 0 atom stereocenters. The lowest BCUT2D eigenvalue weighted by molar-refractivity contribution is -0.139. The van der Waals surface area contributed by atoms with Crippen LogP contribution in [0.15, 0.2) is 16.6 Å². The van der Waals surface area contributed by atoms with Crippen molar-refractivity contribution in [3.05, 3.63) is 22.2 Å². The van der Waals surface area contributed by atoms with E-state index < -0.39 is 17.7 Å². The van der Waals surface area contributed by atoms with Gasteiger partial charge in [0, 0.05) is 11.6 Å². The molecule has 1 saturated carbocycles. The van der Waals surface area contributed by atoms with E-state index in [1.54, 1.807) is 0 Å². The highest BCUT2D eigenvalue weighted by molar-refractivity contribution is 9.10. The van der Waals surface area contributed by atoms with Crippen molar-refractivity contribution in [2.75, 3.05) is 13.7 Å². The van der Waals surface area contributed by atoms with Crippen LogP contribution in [-0.4, -0.2) is 37.5 Å². The van der Waals surface area contributed by atoms with E-state index in [2.05, 4.69) is 32.1 Å². The first-order valence-electron chi connectivity index (χ1n) is 7.37. The van der Waals surface area contributed by atoms with Gasteiger partial charge in [-0.25, -0.2) is 0 Å². The van der Waals surface area contributed by atoms with E-state index >= 15 is 0 Å². The molecule has 1 aliphatic rings. The third kappa shape index (κ3) is 4.60. The summed E-state index contributed by atoms with van der Waals surface area (Å²) in [5.74, 6) is -1.45. The van der Waals surface area contributed by atoms with Gasteiger partial charge in [-0.3, -0.25) is 25.2 Å². The Bertz CT molecular complexity index is 661. The van der Waals surface area contributed by atoms with Crippen molar-refractivity contribution in [1.29, 1.82) is 0 Å². The fraction of sp³-hybridized carbons (Fsp3) is 0.400. The summed E-state index contributed by atoms with van der Waals surface area (Å²) in [5, 5.41) is 2.52. The molecule has 2 rings (SSSR count). The maximum absolute atomic E-state index is 12.1. The number of hydrogen-bond acceptors (Lipinski definition) is 5. The number of carbonyl (C=O) groups excluding carboxylic acids is 3. The second-order valence-corrected chi connectivity index (χ2v) is 5.93. The normalized spacial score (nSPS) is 13.0. The zero-order valence-corrected chi connectivity index (χ0v) is 14.9. The van der Waals surface area contributed by atoms with Gasteiger partial charge in [-0.1, -0.05) is 0 Å². The van der Waals surface area contributed by atoms with Gasteiger partial charge < -0.3 is 14.8 Å². The lowest BCUT2D eigenvalue weighted by atomic mass is 10.2. The maximum atomic E-state index is 12.1. The summed E-state index contributed by atoms with van der Waals surface area (Å²) in [4.78, 5) is 35.2. The molecule has 9 heteroatoms. The Kier molecular flexibility index (Phi) is 6.02. The minimum absolute atomic E-state index is 0.0604. The van der Waals surface area contributed by atoms with Crippen LogP contribution < -0.4 is 25.6 Å². The molecule has 130 valence electrons. The van der Waals surface area contributed by atoms with E-state index in [4.69, 9.17) is 9.47 Å². The van der Waals surface area contributed by atoms with Crippen LogP contribution in [0.5, 0.6) is 11.5 Å². The van der Waals surface area contributed by atoms with Gasteiger partial charge in [-0.2, -0.15) is 0 Å². The van der Waals surface area contributed by atoms with Crippen molar-refractivity contribution in [1.82, 2.24) is 16.2 Å². The number of nitrogens with one attached hydrogen (secondary N) is 3. The Labute approximate surface area is 147 Å². The van der Waals surface area contributed by atoms with Crippen LogP contribution in [0.3, 0.4) is 0 Å². The van der Waals surface area contributed by atoms with Crippen molar-refractivity contribution in [2.24, 2.45) is 0 Å². The first kappa shape index (κ1) is 18.1. The molecule has 1 aliphatic carbocycles. The molecule has 0 spiro atoms. The SMILES string of the molecule is CCOc1c(Br)cc(C(=O)NNC(=O)C(=O)NC2CC2)cc1OC. The predicted octanol–water partition coefficient (Wildman–Crippen LogP) is 0.896. The number of halogens is 1. The number of carbonyl (C=O) groups is 3. The van der Waals surface area contributed by atoms with Gasteiger partial charge in [0.05, 0.1) is 18.2 Å². The molecule has 8 nitrogen and oxygen atoms in total. The highest BCUT2D eigenvalue weighted by Gasteiger charge is 2.26. The lowest BCUT2D eigenvalue weighted by Gasteiger charge is -2.13. The lowest BCUT2D eigenvalue weighted by Crippen LogP contribution is -2.49. The van der Waals surface area contributed by atoms with E-state index in [0.29, 0.717) is 22.6 Å². The van der Waals surface area contributed by atoms with Crippen molar-refractivity contribution in [3.63, 3.8) is 0 Å². The zero-order valence-electron chi connectivity index (χ0n) is 13.3. The van der Waals surface area contributed by atoms with Crippen LogP contribution >= 0.6 is 15.9 Å². The van der Waals surface area contributed by atoms with Crippen LogP contribution in [0.2, 0.25) is 0 Å². The zero-order chi connectivity index (χ0) is 17.7. The van der Waals surface area contributed by atoms with Crippen molar-refractivity contribution < 1.29 is 23.9 Å². The van der Waals surface area contributed by atoms with Gasteiger partial charge >= 0.3 is 11.8 Å². The number of hydrogen-bond donors (Lipinski definition) is 3. The first-order chi connectivity index (χ1) is 11.5. The van der Waals surface area contributed by atoms with Crippen LogP contribution in [0.25, 0.3) is 0 Å². The second-order valence-electron chi connectivity index (χ2n) is 5.08. The highest BCUT2D eigenvalue weighted by Crippen LogP contribution is 2.36. The minimum atomic E-state index is -0.924. The topological polar surface area (TPSA) is 106 Å². The Morgan fingerprint density at radius 1 is 1.21 bits per heavy atom. The van der Waals surface area contributed by atoms with Gasteiger partial charge in [0.1, 0.15) is 0 Å². The molecule has 1 aromatic carbocycles. The predicted molar refractivity (Wildman–Crippen MR) is 88.6 cm³/mol. The Morgan fingerprint density at radius 3 is 2.50 bits per heavy atom. The van der Waals surface area contributed by atoms with Gasteiger partial charge in [-0.15, -0.1) is 0 Å². The highest BCUT2D eigenvalue weighted by atomic mass is 79.9. The number of hydrazine groups is 1. The third-order valence-electron chi connectivity index (χ3n) is 3.19. The van der Waals surface area contributed by atoms with E-state index in [-0.39, 0.29) is 11.6 Å². The standard InChI is InChI=1S/C15H18BrN3O5/c1-3-24-12-10(16)6-8(7-11(12)23-2)13(20)18-19-15(22)14(21)17-9-4-5-9/h6-7,9H,3-5H2,1-2H3,(H,17,21)(H,18,20)(H,19,22). The molecule has 0 aliphatic heterocycles. The number of amides is 3. The maximum Gasteiger partial charge on any atom is 0.327 e. The van der Waals surface area contributed by atoms with Gasteiger partial charge in [0.25, 0.3) is 5.91 Å². The smallest absolute Gasteiger partial charge is 0.327 e. The molecule has 0 unspecified atom stereocenters. The number of benzene rings is 1. The van der Waals surface area contributed by atoms with Crippen LogP contribution in [0, 0.1) is 0 Å². The summed E-state index contributed by atoms with van der Waals surface area (Å²) in [6.45, 7) is 2.27.